The number of ether oxygens (including phenoxy) is 1. The van der Waals surface area contributed by atoms with E-state index in [0.29, 0.717) is 23.0 Å². The molecule has 1 N–H and O–H groups in total. The number of halogens is 2. The number of amides is 1. The fraction of sp³-hybridized carbons (Fsp3) is 0.0952. The Morgan fingerprint density at radius 3 is 2.70 bits per heavy atom. The average molecular weight is 426 g/mol. The highest BCUT2D eigenvalue weighted by molar-refractivity contribution is 6.32. The molecule has 0 fully saturated rings. The van der Waals surface area contributed by atoms with Crippen molar-refractivity contribution in [3.63, 3.8) is 0 Å². The van der Waals surface area contributed by atoms with Gasteiger partial charge in [0.1, 0.15) is 11.6 Å². The van der Waals surface area contributed by atoms with E-state index in [4.69, 9.17) is 16.3 Å². The van der Waals surface area contributed by atoms with Gasteiger partial charge in [-0.25, -0.2) is 9.07 Å². The Hall–Kier alpha value is -3.65. The molecule has 7 nitrogen and oxygen atoms in total. The van der Waals surface area contributed by atoms with E-state index < -0.39 is 0 Å². The van der Waals surface area contributed by atoms with Crippen molar-refractivity contribution >= 4 is 23.2 Å². The van der Waals surface area contributed by atoms with E-state index in [9.17, 15) is 9.18 Å². The van der Waals surface area contributed by atoms with Crippen molar-refractivity contribution in [1.82, 2.24) is 19.6 Å². The van der Waals surface area contributed by atoms with E-state index >= 15 is 0 Å². The first-order valence-corrected chi connectivity index (χ1v) is 9.44. The molecule has 0 atom stereocenters. The lowest BCUT2D eigenvalue weighted by Crippen LogP contribution is -2.14. The first-order valence-electron chi connectivity index (χ1n) is 9.06. The van der Waals surface area contributed by atoms with Crippen LogP contribution in [0.4, 0.5) is 10.1 Å². The minimum absolute atomic E-state index is 0.118. The second-order valence-electron chi connectivity index (χ2n) is 6.45. The Bertz CT molecular complexity index is 1160. The third-order valence-corrected chi connectivity index (χ3v) is 4.52. The summed E-state index contributed by atoms with van der Waals surface area (Å²) in [6.07, 6.45) is 4.88. The molecule has 152 valence electrons. The minimum atomic E-state index is -0.368. The van der Waals surface area contributed by atoms with Crippen molar-refractivity contribution < 1.29 is 13.9 Å². The number of hydrogen-bond donors (Lipinski definition) is 1. The van der Waals surface area contributed by atoms with Crippen LogP contribution in [-0.4, -0.2) is 25.5 Å². The molecule has 0 radical (unpaired) electrons. The van der Waals surface area contributed by atoms with Gasteiger partial charge in [0.05, 0.1) is 23.5 Å². The lowest BCUT2D eigenvalue weighted by atomic mass is 10.2. The van der Waals surface area contributed by atoms with Crippen molar-refractivity contribution in [2.45, 2.75) is 13.3 Å². The normalized spacial score (nSPS) is 10.7. The summed E-state index contributed by atoms with van der Waals surface area (Å²) in [5.74, 6) is -0.120. The number of rotatable bonds is 7. The molecule has 0 saturated carbocycles. The van der Waals surface area contributed by atoms with Crippen LogP contribution in [0.15, 0.2) is 73.2 Å². The fourth-order valence-corrected chi connectivity index (χ4v) is 2.93. The summed E-state index contributed by atoms with van der Waals surface area (Å²) >= 11 is 6.05. The highest BCUT2D eigenvalue weighted by Crippen LogP contribution is 2.23. The molecule has 0 saturated heterocycles. The van der Waals surface area contributed by atoms with Gasteiger partial charge in [-0.1, -0.05) is 35.9 Å². The molecule has 0 spiro atoms. The number of carbonyl (C=O) groups is 1. The van der Waals surface area contributed by atoms with Gasteiger partial charge in [-0.15, -0.1) is 0 Å². The summed E-state index contributed by atoms with van der Waals surface area (Å²) in [7, 11) is 0. The lowest BCUT2D eigenvalue weighted by Gasteiger charge is -2.07. The molecule has 30 heavy (non-hydrogen) atoms. The summed E-state index contributed by atoms with van der Waals surface area (Å²) in [5, 5.41) is 11.7. The largest absolute Gasteiger partial charge is 0.470 e. The molecule has 4 rings (SSSR count). The van der Waals surface area contributed by atoms with E-state index in [2.05, 4.69) is 15.5 Å². The molecule has 0 aliphatic carbocycles. The van der Waals surface area contributed by atoms with E-state index in [1.165, 1.54) is 16.8 Å². The standard InChI is InChI=1S/C21H17ClFN5O2/c22-18-3-1-2-4-20(18)30-14-27-10-9-19(26-27)21(29)25-17-11-24-28(13-17)12-15-5-7-16(23)8-6-15/h1-11,13H,12,14H2,(H,25,29). The third-order valence-electron chi connectivity index (χ3n) is 4.21. The number of hydrogen-bond acceptors (Lipinski definition) is 4. The van der Waals surface area contributed by atoms with Crippen molar-refractivity contribution in [2.24, 2.45) is 0 Å². The quantitative estimate of drug-likeness (QED) is 0.481. The zero-order valence-corrected chi connectivity index (χ0v) is 16.5. The van der Waals surface area contributed by atoms with Gasteiger partial charge in [-0.3, -0.25) is 9.48 Å². The molecular weight excluding hydrogens is 409 g/mol. The minimum Gasteiger partial charge on any atom is -0.470 e. The van der Waals surface area contributed by atoms with Gasteiger partial charge in [0, 0.05) is 12.4 Å². The molecule has 2 aromatic carbocycles. The number of nitrogens with zero attached hydrogens (tertiary/aromatic N) is 4. The Labute approximate surface area is 176 Å². The van der Waals surface area contributed by atoms with Crippen LogP contribution < -0.4 is 10.1 Å². The second kappa shape index (κ2) is 8.79. The molecule has 2 aromatic heterocycles. The highest BCUT2D eigenvalue weighted by Gasteiger charge is 2.12. The van der Waals surface area contributed by atoms with Crippen LogP contribution in [0, 0.1) is 5.82 Å². The number of aromatic nitrogens is 4. The van der Waals surface area contributed by atoms with E-state index in [1.54, 1.807) is 53.6 Å². The number of benzene rings is 2. The maximum absolute atomic E-state index is 13.0. The van der Waals surface area contributed by atoms with Crippen molar-refractivity contribution in [3.8, 4) is 5.75 Å². The highest BCUT2D eigenvalue weighted by atomic mass is 35.5. The predicted molar refractivity (Wildman–Crippen MR) is 110 cm³/mol. The van der Waals surface area contributed by atoms with Gasteiger partial charge >= 0.3 is 0 Å². The Morgan fingerprint density at radius 1 is 1.10 bits per heavy atom. The van der Waals surface area contributed by atoms with Crippen LogP contribution in [0.25, 0.3) is 0 Å². The first-order chi connectivity index (χ1) is 14.6. The maximum atomic E-state index is 13.0. The summed E-state index contributed by atoms with van der Waals surface area (Å²) in [4.78, 5) is 12.4. The van der Waals surface area contributed by atoms with E-state index in [-0.39, 0.29) is 24.1 Å². The molecular formula is C21H17ClFN5O2. The lowest BCUT2D eigenvalue weighted by molar-refractivity contribution is 0.102. The summed E-state index contributed by atoms with van der Waals surface area (Å²) < 4.78 is 21.7. The Morgan fingerprint density at radius 2 is 1.90 bits per heavy atom. The smallest absolute Gasteiger partial charge is 0.276 e. The Kier molecular flexibility index (Phi) is 5.76. The molecule has 9 heteroatoms. The molecule has 1 amide bonds. The van der Waals surface area contributed by atoms with Crippen LogP contribution in [0.2, 0.25) is 5.02 Å². The number of para-hydroxylation sites is 1. The monoisotopic (exact) mass is 425 g/mol. The molecule has 0 bridgehead atoms. The fourth-order valence-electron chi connectivity index (χ4n) is 2.74. The summed E-state index contributed by atoms with van der Waals surface area (Å²) in [6, 6.07) is 14.9. The van der Waals surface area contributed by atoms with Gasteiger partial charge in [0.2, 0.25) is 0 Å². The third kappa shape index (κ3) is 4.84. The van der Waals surface area contributed by atoms with E-state index in [1.807, 2.05) is 12.1 Å². The van der Waals surface area contributed by atoms with Gasteiger partial charge in [0.15, 0.2) is 12.4 Å². The van der Waals surface area contributed by atoms with Crippen LogP contribution in [0.3, 0.4) is 0 Å². The van der Waals surface area contributed by atoms with Crippen LogP contribution in [0.5, 0.6) is 5.75 Å². The maximum Gasteiger partial charge on any atom is 0.276 e. The number of anilines is 1. The molecule has 0 aliphatic heterocycles. The van der Waals surface area contributed by atoms with Gasteiger partial charge in [-0.05, 0) is 35.9 Å². The van der Waals surface area contributed by atoms with Crippen LogP contribution in [-0.2, 0) is 13.3 Å². The van der Waals surface area contributed by atoms with Gasteiger partial charge in [0.25, 0.3) is 5.91 Å². The van der Waals surface area contributed by atoms with Crippen molar-refractivity contribution in [1.29, 1.82) is 0 Å². The molecule has 0 aliphatic rings. The summed E-state index contributed by atoms with van der Waals surface area (Å²) in [5.41, 5.74) is 1.67. The molecule has 4 aromatic rings. The van der Waals surface area contributed by atoms with Gasteiger partial charge < -0.3 is 10.1 Å². The SMILES string of the molecule is O=C(Nc1cnn(Cc2ccc(F)cc2)c1)c1ccn(COc2ccccc2Cl)n1. The van der Waals surface area contributed by atoms with Crippen molar-refractivity contribution in [3.05, 3.63) is 95.3 Å². The molecule has 0 unspecified atom stereocenters. The number of nitrogens with one attached hydrogen (secondary N) is 1. The predicted octanol–water partition coefficient (Wildman–Crippen LogP) is 4.21. The first kappa shape index (κ1) is 19.7. The number of carbonyl (C=O) groups excluding carboxylic acids is 1. The second-order valence-corrected chi connectivity index (χ2v) is 6.86. The topological polar surface area (TPSA) is 74.0 Å². The zero-order valence-electron chi connectivity index (χ0n) is 15.7. The van der Waals surface area contributed by atoms with E-state index in [0.717, 1.165) is 5.56 Å². The molecule has 2 heterocycles. The van der Waals surface area contributed by atoms with Gasteiger partial charge in [-0.2, -0.15) is 10.2 Å². The van der Waals surface area contributed by atoms with Crippen LogP contribution >= 0.6 is 11.6 Å². The van der Waals surface area contributed by atoms with Crippen LogP contribution in [0.1, 0.15) is 16.1 Å². The Balaban J connectivity index is 1.34. The average Bonchev–Trinajstić information content (AvgIpc) is 3.39. The zero-order chi connectivity index (χ0) is 20.9. The van der Waals surface area contributed by atoms with Crippen molar-refractivity contribution in [2.75, 3.05) is 5.32 Å². The summed E-state index contributed by atoms with van der Waals surface area (Å²) in [6.45, 7) is 0.580.